The van der Waals surface area contributed by atoms with Crippen molar-refractivity contribution in [1.29, 1.82) is 0 Å². The van der Waals surface area contributed by atoms with Crippen LogP contribution in [0.1, 0.15) is 32.6 Å². The topological polar surface area (TPSA) is 69.6 Å². The van der Waals surface area contributed by atoms with Crippen LogP contribution in [0.2, 0.25) is 0 Å². The van der Waals surface area contributed by atoms with Gasteiger partial charge in [-0.15, -0.1) is 5.10 Å². The quantitative estimate of drug-likeness (QED) is 0.870. The van der Waals surface area contributed by atoms with E-state index >= 15 is 0 Å². The van der Waals surface area contributed by atoms with E-state index < -0.39 is 0 Å². The monoisotopic (exact) mass is 335 g/mol. The van der Waals surface area contributed by atoms with E-state index in [1.807, 2.05) is 22.9 Å². The maximum absolute atomic E-state index is 5.94. The fourth-order valence-electron chi connectivity index (χ4n) is 2.82. The Labute approximate surface area is 126 Å². The van der Waals surface area contributed by atoms with E-state index in [0.29, 0.717) is 11.1 Å². The summed E-state index contributed by atoms with van der Waals surface area (Å²) in [6.07, 6.45) is 5.03. The lowest BCUT2D eigenvalue weighted by molar-refractivity contribution is 0.0948. The number of nitrogens with two attached hydrogens (primary N) is 1. The van der Waals surface area contributed by atoms with Crippen LogP contribution >= 0.6 is 15.9 Å². The minimum absolute atomic E-state index is 0.380. The number of anilines is 1. The van der Waals surface area contributed by atoms with Crippen LogP contribution in [0.3, 0.4) is 0 Å². The van der Waals surface area contributed by atoms with Gasteiger partial charge in [-0.2, -0.15) is 0 Å². The zero-order valence-electron chi connectivity index (χ0n) is 11.5. The van der Waals surface area contributed by atoms with Crippen LogP contribution in [0.5, 0.6) is 0 Å². The predicted molar refractivity (Wildman–Crippen MR) is 81.9 cm³/mol. The third kappa shape index (κ3) is 2.32. The van der Waals surface area contributed by atoms with Gasteiger partial charge >= 0.3 is 0 Å². The lowest BCUT2D eigenvalue weighted by atomic mass is 9.67. The second-order valence-electron chi connectivity index (χ2n) is 5.60. The van der Waals surface area contributed by atoms with Gasteiger partial charge < -0.3 is 5.73 Å². The number of nitrogens with zero attached hydrogens (tertiary/aromatic N) is 4. The first kappa shape index (κ1) is 13.5. The number of aromatic nitrogens is 4. The number of nitrogen functional groups attached to an aromatic ring is 1. The molecule has 0 spiro atoms. The fraction of sp³-hybridized carbons (Fsp3) is 0.500. The summed E-state index contributed by atoms with van der Waals surface area (Å²) in [5.74, 6) is 0.795. The molecule has 5 nitrogen and oxygen atoms in total. The minimum Gasteiger partial charge on any atom is -0.398 e. The molecule has 0 saturated heterocycles. The Morgan fingerprint density at radius 2 is 2.20 bits per heavy atom. The standard InChI is InChI=1S/C14H18BrN5/c1-2-14(6-3-7-14)9-20-13(17-18-19-20)10-4-5-11(15)12(16)8-10/h4-5,8H,2-3,6-7,9,16H2,1H3. The Morgan fingerprint density at radius 1 is 1.40 bits per heavy atom. The Kier molecular flexibility index (Phi) is 3.50. The third-order valence-electron chi connectivity index (χ3n) is 4.44. The van der Waals surface area contributed by atoms with Gasteiger partial charge in [-0.05, 0) is 69.2 Å². The van der Waals surface area contributed by atoms with E-state index in [4.69, 9.17) is 5.73 Å². The molecule has 0 unspecified atom stereocenters. The van der Waals surface area contributed by atoms with Crippen LogP contribution in [-0.2, 0) is 6.54 Å². The molecule has 2 N–H and O–H groups in total. The molecule has 1 heterocycles. The third-order valence-corrected chi connectivity index (χ3v) is 5.16. The van der Waals surface area contributed by atoms with Crippen LogP contribution in [-0.4, -0.2) is 20.2 Å². The summed E-state index contributed by atoms with van der Waals surface area (Å²) in [5, 5.41) is 12.2. The van der Waals surface area contributed by atoms with Gasteiger partial charge in [0.15, 0.2) is 5.82 Å². The molecule has 1 aliphatic carbocycles. The second kappa shape index (κ2) is 5.16. The minimum atomic E-state index is 0.380. The van der Waals surface area contributed by atoms with Gasteiger partial charge in [0.05, 0.1) is 6.54 Å². The smallest absolute Gasteiger partial charge is 0.182 e. The molecule has 1 saturated carbocycles. The number of rotatable bonds is 4. The summed E-state index contributed by atoms with van der Waals surface area (Å²) in [6.45, 7) is 3.14. The van der Waals surface area contributed by atoms with Crippen molar-refractivity contribution in [3.63, 3.8) is 0 Å². The average Bonchev–Trinajstić information content (AvgIpc) is 2.85. The van der Waals surface area contributed by atoms with Gasteiger partial charge in [-0.25, -0.2) is 4.68 Å². The van der Waals surface area contributed by atoms with Crippen molar-refractivity contribution in [2.45, 2.75) is 39.2 Å². The Balaban J connectivity index is 1.91. The number of hydrogen-bond acceptors (Lipinski definition) is 4. The van der Waals surface area contributed by atoms with E-state index in [0.717, 1.165) is 22.4 Å². The van der Waals surface area contributed by atoms with Crippen molar-refractivity contribution in [1.82, 2.24) is 20.2 Å². The maximum Gasteiger partial charge on any atom is 0.182 e. The van der Waals surface area contributed by atoms with Gasteiger partial charge in [-0.3, -0.25) is 0 Å². The Bertz CT molecular complexity index is 612. The Hall–Kier alpha value is -1.43. The van der Waals surface area contributed by atoms with Crippen LogP contribution < -0.4 is 5.73 Å². The first-order valence-corrected chi connectivity index (χ1v) is 7.74. The van der Waals surface area contributed by atoms with Crippen LogP contribution in [0, 0.1) is 5.41 Å². The molecule has 2 aromatic rings. The van der Waals surface area contributed by atoms with Crippen molar-refractivity contribution in [2.24, 2.45) is 5.41 Å². The first-order chi connectivity index (χ1) is 9.63. The highest BCUT2D eigenvalue weighted by atomic mass is 79.9. The highest BCUT2D eigenvalue weighted by molar-refractivity contribution is 9.10. The summed E-state index contributed by atoms with van der Waals surface area (Å²) in [7, 11) is 0. The van der Waals surface area contributed by atoms with E-state index in [-0.39, 0.29) is 0 Å². The number of halogens is 1. The zero-order valence-corrected chi connectivity index (χ0v) is 13.1. The molecular weight excluding hydrogens is 318 g/mol. The molecule has 1 aromatic heterocycles. The summed E-state index contributed by atoms with van der Waals surface area (Å²) in [4.78, 5) is 0. The number of tetrazole rings is 1. The van der Waals surface area contributed by atoms with Crippen molar-refractivity contribution in [3.8, 4) is 11.4 Å². The number of hydrogen-bond donors (Lipinski definition) is 1. The highest BCUT2D eigenvalue weighted by Crippen LogP contribution is 2.45. The Morgan fingerprint density at radius 3 is 2.80 bits per heavy atom. The summed E-state index contributed by atoms with van der Waals surface area (Å²) >= 11 is 3.41. The normalized spacial score (nSPS) is 16.9. The van der Waals surface area contributed by atoms with Crippen molar-refractivity contribution in [2.75, 3.05) is 5.73 Å². The molecule has 106 valence electrons. The summed E-state index contributed by atoms with van der Waals surface area (Å²) in [5.41, 5.74) is 7.98. The fourth-order valence-corrected chi connectivity index (χ4v) is 3.07. The van der Waals surface area contributed by atoms with Crippen molar-refractivity contribution in [3.05, 3.63) is 22.7 Å². The largest absolute Gasteiger partial charge is 0.398 e. The molecule has 1 fully saturated rings. The van der Waals surface area contributed by atoms with E-state index in [2.05, 4.69) is 38.4 Å². The van der Waals surface area contributed by atoms with Gasteiger partial charge in [-0.1, -0.05) is 13.3 Å². The molecule has 0 atom stereocenters. The number of benzene rings is 1. The molecule has 3 rings (SSSR count). The van der Waals surface area contributed by atoms with E-state index in [1.165, 1.54) is 25.7 Å². The SMILES string of the molecule is CCC1(Cn2nnnc2-c2ccc(Br)c(N)c2)CCC1. The van der Waals surface area contributed by atoms with E-state index in [9.17, 15) is 0 Å². The van der Waals surface area contributed by atoms with Crippen LogP contribution in [0.15, 0.2) is 22.7 Å². The average molecular weight is 336 g/mol. The first-order valence-electron chi connectivity index (χ1n) is 6.95. The van der Waals surface area contributed by atoms with Crippen molar-refractivity contribution < 1.29 is 0 Å². The van der Waals surface area contributed by atoms with Gasteiger partial charge in [0.1, 0.15) is 0 Å². The lowest BCUT2D eigenvalue weighted by Gasteiger charge is -2.41. The maximum atomic E-state index is 5.94. The molecule has 0 bridgehead atoms. The van der Waals surface area contributed by atoms with Gasteiger partial charge in [0.25, 0.3) is 0 Å². The zero-order chi connectivity index (χ0) is 14.2. The molecule has 6 heteroatoms. The van der Waals surface area contributed by atoms with Gasteiger partial charge in [0, 0.05) is 15.7 Å². The molecule has 0 aliphatic heterocycles. The second-order valence-corrected chi connectivity index (χ2v) is 6.46. The summed E-state index contributed by atoms with van der Waals surface area (Å²) < 4.78 is 2.81. The molecular formula is C14H18BrN5. The van der Waals surface area contributed by atoms with Crippen LogP contribution in [0.4, 0.5) is 5.69 Å². The van der Waals surface area contributed by atoms with Crippen molar-refractivity contribution >= 4 is 21.6 Å². The van der Waals surface area contributed by atoms with Gasteiger partial charge in [0.2, 0.25) is 0 Å². The predicted octanol–water partition coefficient (Wildman–Crippen LogP) is 3.27. The van der Waals surface area contributed by atoms with E-state index in [1.54, 1.807) is 0 Å². The molecule has 1 aliphatic rings. The highest BCUT2D eigenvalue weighted by Gasteiger charge is 2.36. The molecule has 0 radical (unpaired) electrons. The summed E-state index contributed by atoms with van der Waals surface area (Å²) in [6, 6.07) is 5.83. The molecule has 0 amide bonds. The van der Waals surface area contributed by atoms with Crippen LogP contribution in [0.25, 0.3) is 11.4 Å². The molecule has 20 heavy (non-hydrogen) atoms. The molecule has 1 aromatic carbocycles. The lowest BCUT2D eigenvalue weighted by Crippen LogP contribution is -2.34.